The van der Waals surface area contributed by atoms with Crippen molar-refractivity contribution in [1.82, 2.24) is 10.2 Å². The van der Waals surface area contributed by atoms with Crippen molar-refractivity contribution in [2.24, 2.45) is 0 Å². The first-order chi connectivity index (χ1) is 14.1. The van der Waals surface area contributed by atoms with Crippen LogP contribution in [0.25, 0.3) is 10.8 Å². The maximum absolute atomic E-state index is 12.7. The molecule has 0 radical (unpaired) electrons. The minimum Gasteiger partial charge on any atom is -0.495 e. The van der Waals surface area contributed by atoms with Crippen LogP contribution in [0.5, 0.6) is 5.75 Å². The number of aromatic nitrogens is 2. The average molecular weight is 418 g/mol. The van der Waals surface area contributed by atoms with Crippen molar-refractivity contribution >= 4 is 22.9 Å². The van der Waals surface area contributed by atoms with Gasteiger partial charge in [0, 0.05) is 7.11 Å². The molecule has 0 fully saturated rings. The lowest BCUT2D eigenvalue weighted by Crippen LogP contribution is -3.12. The Morgan fingerprint density at radius 1 is 1.28 bits per heavy atom. The fourth-order valence-corrected chi connectivity index (χ4v) is 3.51. The predicted octanol–water partition coefficient (Wildman–Crippen LogP) is 1.79. The van der Waals surface area contributed by atoms with E-state index in [1.54, 1.807) is 14.2 Å². The van der Waals surface area contributed by atoms with E-state index in [4.69, 9.17) is 13.9 Å². The summed E-state index contributed by atoms with van der Waals surface area (Å²) in [6, 6.07) is 9.53. The topological polar surface area (TPSA) is 90.9 Å². The molecule has 0 spiro atoms. The van der Waals surface area contributed by atoms with Gasteiger partial charge in [0.25, 0.3) is 17.7 Å². The van der Waals surface area contributed by atoms with E-state index in [2.05, 4.69) is 15.5 Å². The molecule has 2 N–H and O–H groups in total. The van der Waals surface area contributed by atoms with Crippen LogP contribution in [-0.4, -0.2) is 50.0 Å². The second-order valence-corrected chi connectivity index (χ2v) is 7.52. The first kappa shape index (κ1) is 21.0. The van der Waals surface area contributed by atoms with Crippen LogP contribution < -0.4 is 15.0 Å². The number of methoxy groups -OCH3 is 2. The highest BCUT2D eigenvalue weighted by atomic mass is 32.1. The number of carbonyl (C=O) groups excluding carboxylic acids is 1. The number of anilines is 1. The number of thiophene rings is 1. The van der Waals surface area contributed by atoms with Gasteiger partial charge in [0.1, 0.15) is 12.3 Å². The molecule has 1 amide bonds. The monoisotopic (exact) mass is 417 g/mol. The minimum atomic E-state index is -0.127. The van der Waals surface area contributed by atoms with Gasteiger partial charge in [-0.3, -0.25) is 4.79 Å². The molecule has 1 aromatic carbocycles. The Morgan fingerprint density at radius 2 is 2.14 bits per heavy atom. The first-order valence-corrected chi connectivity index (χ1v) is 10.1. The maximum atomic E-state index is 12.7. The number of rotatable bonds is 10. The van der Waals surface area contributed by atoms with Crippen LogP contribution in [-0.2, 0) is 16.1 Å². The van der Waals surface area contributed by atoms with Crippen molar-refractivity contribution in [1.29, 1.82) is 0 Å². The molecule has 3 aromatic rings. The fraction of sp³-hybridized carbons (Fsp3) is 0.350. The highest BCUT2D eigenvalue weighted by Gasteiger charge is 2.20. The normalized spacial score (nSPS) is 12.0. The van der Waals surface area contributed by atoms with Gasteiger partial charge >= 0.3 is 0 Å². The highest BCUT2D eigenvalue weighted by molar-refractivity contribution is 7.13. The van der Waals surface area contributed by atoms with Gasteiger partial charge in [-0.25, -0.2) is 0 Å². The summed E-state index contributed by atoms with van der Waals surface area (Å²) in [4.78, 5) is 14.5. The second-order valence-electron chi connectivity index (χ2n) is 6.58. The summed E-state index contributed by atoms with van der Waals surface area (Å²) >= 11 is 1.54. The Balaban J connectivity index is 1.65. The molecule has 0 saturated carbocycles. The largest absolute Gasteiger partial charge is 0.495 e. The lowest BCUT2D eigenvalue weighted by atomic mass is 10.2. The molecule has 2 aromatic heterocycles. The molecular weight excluding hydrogens is 392 g/mol. The van der Waals surface area contributed by atoms with Crippen LogP contribution in [0.3, 0.4) is 0 Å². The van der Waals surface area contributed by atoms with Crippen molar-refractivity contribution in [2.75, 3.05) is 39.2 Å². The third-order valence-electron chi connectivity index (χ3n) is 4.30. The Morgan fingerprint density at radius 3 is 2.86 bits per heavy atom. The van der Waals surface area contributed by atoms with Gasteiger partial charge in [-0.15, -0.1) is 21.5 Å². The minimum absolute atomic E-state index is 0.127. The Hall–Kier alpha value is -2.75. The van der Waals surface area contributed by atoms with E-state index in [0.29, 0.717) is 42.9 Å². The number of hydrogen-bond acceptors (Lipinski definition) is 7. The number of quaternary nitrogens is 1. The molecule has 0 aliphatic carbocycles. The summed E-state index contributed by atoms with van der Waals surface area (Å²) < 4.78 is 16.3. The van der Waals surface area contributed by atoms with Crippen molar-refractivity contribution in [2.45, 2.75) is 13.5 Å². The number of carbonyl (C=O) groups is 1. The summed E-state index contributed by atoms with van der Waals surface area (Å²) in [5.41, 5.74) is 1.69. The molecule has 0 saturated heterocycles. The molecule has 29 heavy (non-hydrogen) atoms. The van der Waals surface area contributed by atoms with Gasteiger partial charge in [0.15, 0.2) is 13.1 Å². The Labute approximate surface area is 173 Å². The van der Waals surface area contributed by atoms with Crippen LogP contribution in [0.15, 0.2) is 40.1 Å². The van der Waals surface area contributed by atoms with Crippen molar-refractivity contribution in [3.8, 4) is 16.5 Å². The smallest absolute Gasteiger partial charge is 0.279 e. The van der Waals surface area contributed by atoms with Crippen LogP contribution in [0.2, 0.25) is 0 Å². The number of benzene rings is 1. The summed E-state index contributed by atoms with van der Waals surface area (Å²) in [6.07, 6.45) is 0. The van der Waals surface area contributed by atoms with Gasteiger partial charge in [0.05, 0.1) is 24.3 Å². The van der Waals surface area contributed by atoms with Crippen molar-refractivity contribution in [3.63, 3.8) is 0 Å². The van der Waals surface area contributed by atoms with Crippen LogP contribution >= 0.6 is 11.3 Å². The zero-order chi connectivity index (χ0) is 20.6. The maximum Gasteiger partial charge on any atom is 0.279 e. The van der Waals surface area contributed by atoms with Crippen LogP contribution in [0.4, 0.5) is 5.69 Å². The van der Waals surface area contributed by atoms with E-state index in [1.807, 2.05) is 42.6 Å². The number of nitrogens with one attached hydrogen (secondary N) is 2. The molecule has 1 atom stereocenters. The molecule has 0 aliphatic heterocycles. The zero-order valence-electron chi connectivity index (χ0n) is 16.7. The highest BCUT2D eigenvalue weighted by Crippen LogP contribution is 2.25. The summed E-state index contributed by atoms with van der Waals surface area (Å²) in [7, 11) is 3.22. The molecule has 3 rings (SSSR count). The lowest BCUT2D eigenvalue weighted by molar-refractivity contribution is -0.907. The molecule has 1 unspecified atom stereocenters. The van der Waals surface area contributed by atoms with Gasteiger partial charge in [0.2, 0.25) is 0 Å². The zero-order valence-corrected chi connectivity index (χ0v) is 17.5. The number of nitrogens with zero attached hydrogens (tertiary/aromatic N) is 2. The van der Waals surface area contributed by atoms with Gasteiger partial charge in [-0.1, -0.05) is 12.1 Å². The number of hydrogen-bond donors (Lipinski definition) is 2. The van der Waals surface area contributed by atoms with Crippen molar-refractivity contribution < 1.29 is 23.6 Å². The quantitative estimate of drug-likeness (QED) is 0.523. The van der Waals surface area contributed by atoms with E-state index in [-0.39, 0.29) is 12.5 Å². The van der Waals surface area contributed by atoms with Crippen molar-refractivity contribution in [3.05, 3.63) is 47.2 Å². The molecular formula is C20H25N4O4S+. The standard InChI is InChI=1S/C20H24N4O4S/c1-14-6-7-16(27-3)15(11-14)21-18(25)12-24(8-9-26-2)13-19-22-23-20(28-19)17-5-4-10-29-17/h4-7,10-11H,8-9,12-13H2,1-3H3,(H,21,25)/p+1. The van der Waals surface area contributed by atoms with E-state index >= 15 is 0 Å². The van der Waals surface area contributed by atoms with Gasteiger partial charge in [-0.05, 0) is 36.1 Å². The number of ether oxygens (including phenoxy) is 2. The molecule has 9 heteroatoms. The molecule has 8 nitrogen and oxygen atoms in total. The molecule has 0 aliphatic rings. The number of aryl methyl sites for hydroxylation is 1. The van der Waals surface area contributed by atoms with Crippen LogP contribution in [0.1, 0.15) is 11.5 Å². The Kier molecular flexibility index (Phi) is 7.34. The molecule has 2 heterocycles. The number of amides is 1. The molecule has 154 valence electrons. The Bertz CT molecular complexity index is 926. The summed E-state index contributed by atoms with van der Waals surface area (Å²) in [6.45, 7) is 3.77. The van der Waals surface area contributed by atoms with Gasteiger partial charge in [-0.2, -0.15) is 0 Å². The average Bonchev–Trinajstić information content (AvgIpc) is 3.38. The van der Waals surface area contributed by atoms with Gasteiger partial charge < -0.3 is 24.1 Å². The van der Waals surface area contributed by atoms with E-state index in [1.165, 1.54) is 11.3 Å². The summed E-state index contributed by atoms with van der Waals surface area (Å²) in [5.74, 6) is 1.48. The summed E-state index contributed by atoms with van der Waals surface area (Å²) in [5, 5.41) is 13.1. The van der Waals surface area contributed by atoms with E-state index in [9.17, 15) is 4.79 Å². The third-order valence-corrected chi connectivity index (χ3v) is 5.16. The van der Waals surface area contributed by atoms with E-state index in [0.717, 1.165) is 15.3 Å². The predicted molar refractivity (Wildman–Crippen MR) is 110 cm³/mol. The fourth-order valence-electron chi connectivity index (χ4n) is 2.87. The SMILES string of the molecule is COCC[NH+](CC(=O)Nc1cc(C)ccc1OC)Cc1nnc(-c2cccs2)o1. The molecule has 0 bridgehead atoms. The van der Waals surface area contributed by atoms with E-state index < -0.39 is 0 Å². The lowest BCUT2D eigenvalue weighted by Gasteiger charge is -2.17. The van der Waals surface area contributed by atoms with Crippen LogP contribution in [0, 0.1) is 6.92 Å². The first-order valence-electron chi connectivity index (χ1n) is 9.22. The second kappa shape index (κ2) is 10.1. The third kappa shape index (κ3) is 5.86.